The van der Waals surface area contributed by atoms with Crippen LogP contribution < -0.4 is 5.32 Å². The van der Waals surface area contributed by atoms with E-state index in [0.29, 0.717) is 24.3 Å². The Morgan fingerprint density at radius 3 is 2.76 bits per heavy atom. The highest BCUT2D eigenvalue weighted by atomic mass is 16.5. The minimum atomic E-state index is -0.314. The zero-order valence-corrected chi connectivity index (χ0v) is 13.9. The van der Waals surface area contributed by atoms with Gasteiger partial charge in [0.05, 0.1) is 23.3 Å². The van der Waals surface area contributed by atoms with Crippen molar-refractivity contribution >= 4 is 17.4 Å². The number of rotatable bonds is 3. The first-order valence-corrected chi connectivity index (χ1v) is 8.37. The van der Waals surface area contributed by atoms with Crippen LogP contribution in [0.3, 0.4) is 0 Å². The molecule has 1 amide bonds. The van der Waals surface area contributed by atoms with Crippen molar-refractivity contribution in [3.05, 3.63) is 65.5 Å². The minimum Gasteiger partial charge on any atom is -0.462 e. The molecule has 1 aliphatic heterocycles. The van der Waals surface area contributed by atoms with Crippen molar-refractivity contribution in [3.63, 3.8) is 0 Å². The first-order chi connectivity index (χ1) is 12.2. The van der Waals surface area contributed by atoms with Gasteiger partial charge in [0.15, 0.2) is 0 Å². The molecule has 1 N–H and O–H groups in total. The van der Waals surface area contributed by atoms with Gasteiger partial charge in [-0.1, -0.05) is 12.1 Å². The molecule has 25 heavy (non-hydrogen) atoms. The summed E-state index contributed by atoms with van der Waals surface area (Å²) >= 11 is 0. The lowest BCUT2D eigenvalue weighted by Gasteiger charge is -2.05. The Morgan fingerprint density at radius 1 is 1.20 bits per heavy atom. The Morgan fingerprint density at radius 2 is 2.00 bits per heavy atom. The number of esters is 1. The van der Waals surface area contributed by atoms with Crippen molar-refractivity contribution in [2.75, 3.05) is 13.2 Å². The molecule has 126 valence electrons. The van der Waals surface area contributed by atoms with E-state index in [9.17, 15) is 9.59 Å². The van der Waals surface area contributed by atoms with Crippen molar-refractivity contribution in [1.82, 2.24) is 9.72 Å². The van der Waals surface area contributed by atoms with Gasteiger partial charge in [-0.25, -0.2) is 4.79 Å². The van der Waals surface area contributed by atoms with Crippen LogP contribution in [0.15, 0.2) is 48.8 Å². The molecule has 0 aliphatic carbocycles. The van der Waals surface area contributed by atoms with E-state index in [1.165, 1.54) is 0 Å². The van der Waals surface area contributed by atoms with Crippen LogP contribution in [0.5, 0.6) is 0 Å². The molecule has 0 radical (unpaired) electrons. The molecule has 3 aromatic rings. The molecule has 5 nitrogen and oxygen atoms in total. The van der Waals surface area contributed by atoms with Gasteiger partial charge in [-0.05, 0) is 48.7 Å². The molecule has 5 heteroatoms. The number of amides is 1. The number of hydrogen-bond acceptors (Lipinski definition) is 3. The van der Waals surface area contributed by atoms with E-state index in [-0.39, 0.29) is 11.9 Å². The molecule has 0 fully saturated rings. The second kappa shape index (κ2) is 6.09. The topological polar surface area (TPSA) is 59.8 Å². The van der Waals surface area contributed by atoms with E-state index in [2.05, 4.69) is 5.32 Å². The molecular weight excluding hydrogens is 316 g/mol. The monoisotopic (exact) mass is 334 g/mol. The molecule has 0 atom stereocenters. The Bertz CT molecular complexity index is 971. The molecule has 0 spiro atoms. The van der Waals surface area contributed by atoms with Gasteiger partial charge in [0.2, 0.25) is 0 Å². The fourth-order valence-corrected chi connectivity index (χ4v) is 3.38. The fraction of sp³-hybridized carbons (Fsp3) is 0.200. The molecule has 1 aliphatic rings. The maximum Gasteiger partial charge on any atom is 0.338 e. The molecule has 2 aromatic heterocycles. The predicted octanol–water partition coefficient (Wildman–Crippen LogP) is 3.07. The Kier molecular flexibility index (Phi) is 3.76. The van der Waals surface area contributed by atoms with Crippen molar-refractivity contribution in [2.45, 2.75) is 13.3 Å². The first-order valence-electron chi connectivity index (χ1n) is 8.37. The van der Waals surface area contributed by atoms with Crippen LogP contribution in [0.4, 0.5) is 0 Å². The standard InChI is InChI=1S/C20H18N2O3/c1-2-25-20(24)14-7-5-13(6-8-14)17-12-22-11-3-4-16-18(22)15(17)9-10-21-19(16)23/h3-8,11-12H,2,9-10H2,1H3,(H,21,23). The maximum atomic E-state index is 12.2. The number of nitrogens with zero attached hydrogens (tertiary/aromatic N) is 1. The van der Waals surface area contributed by atoms with E-state index in [0.717, 1.165) is 28.6 Å². The first kappa shape index (κ1) is 15.4. The summed E-state index contributed by atoms with van der Waals surface area (Å²) in [7, 11) is 0. The summed E-state index contributed by atoms with van der Waals surface area (Å²) in [6, 6.07) is 11.2. The molecular formula is C20H18N2O3. The van der Waals surface area contributed by atoms with Gasteiger partial charge in [-0.15, -0.1) is 0 Å². The Labute approximate surface area is 145 Å². The average Bonchev–Trinajstić information content (AvgIpc) is 2.91. The zero-order valence-electron chi connectivity index (χ0n) is 13.9. The van der Waals surface area contributed by atoms with Crippen molar-refractivity contribution in [2.24, 2.45) is 0 Å². The number of ether oxygens (including phenoxy) is 1. The van der Waals surface area contributed by atoms with Crippen molar-refractivity contribution in [1.29, 1.82) is 0 Å². The summed E-state index contributed by atoms with van der Waals surface area (Å²) in [4.78, 5) is 24.1. The summed E-state index contributed by atoms with van der Waals surface area (Å²) in [6.45, 7) is 2.76. The predicted molar refractivity (Wildman–Crippen MR) is 94.8 cm³/mol. The van der Waals surface area contributed by atoms with Gasteiger partial charge in [-0.3, -0.25) is 4.79 Å². The molecule has 0 bridgehead atoms. The number of benzene rings is 1. The third kappa shape index (κ3) is 2.58. The van der Waals surface area contributed by atoms with E-state index in [1.54, 1.807) is 19.1 Å². The molecule has 3 heterocycles. The highest BCUT2D eigenvalue weighted by molar-refractivity contribution is 6.03. The van der Waals surface area contributed by atoms with Crippen molar-refractivity contribution < 1.29 is 14.3 Å². The Hall–Kier alpha value is -3.08. The van der Waals surface area contributed by atoms with E-state index in [4.69, 9.17) is 4.74 Å². The van der Waals surface area contributed by atoms with Gasteiger partial charge >= 0.3 is 5.97 Å². The number of aromatic nitrogens is 1. The highest BCUT2D eigenvalue weighted by Gasteiger charge is 2.21. The second-order valence-electron chi connectivity index (χ2n) is 6.00. The van der Waals surface area contributed by atoms with Gasteiger partial charge in [0, 0.05) is 24.5 Å². The molecule has 4 rings (SSSR count). The number of pyridine rings is 1. The third-order valence-electron chi connectivity index (χ3n) is 4.51. The number of carbonyl (C=O) groups excluding carboxylic acids is 2. The average molecular weight is 334 g/mol. The van der Waals surface area contributed by atoms with Crippen LogP contribution in [0.2, 0.25) is 0 Å². The summed E-state index contributed by atoms with van der Waals surface area (Å²) in [6.07, 6.45) is 4.78. The summed E-state index contributed by atoms with van der Waals surface area (Å²) in [5, 5.41) is 2.94. The lowest BCUT2D eigenvalue weighted by molar-refractivity contribution is 0.0526. The minimum absolute atomic E-state index is 0.0355. The largest absolute Gasteiger partial charge is 0.462 e. The van der Waals surface area contributed by atoms with E-state index >= 15 is 0 Å². The van der Waals surface area contributed by atoms with Crippen LogP contribution >= 0.6 is 0 Å². The van der Waals surface area contributed by atoms with Crippen LogP contribution in [0, 0.1) is 0 Å². The number of hydrogen-bond donors (Lipinski definition) is 1. The van der Waals surface area contributed by atoms with Gasteiger partial charge in [0.1, 0.15) is 0 Å². The number of carbonyl (C=O) groups is 2. The molecule has 0 saturated heterocycles. The van der Waals surface area contributed by atoms with Gasteiger partial charge in [-0.2, -0.15) is 0 Å². The van der Waals surface area contributed by atoms with Crippen LogP contribution in [0.25, 0.3) is 16.6 Å². The second-order valence-corrected chi connectivity index (χ2v) is 6.00. The van der Waals surface area contributed by atoms with E-state index < -0.39 is 0 Å². The quantitative estimate of drug-likeness (QED) is 0.749. The summed E-state index contributed by atoms with van der Waals surface area (Å²) in [5.74, 6) is -0.349. The third-order valence-corrected chi connectivity index (χ3v) is 4.51. The van der Waals surface area contributed by atoms with Crippen LogP contribution in [0.1, 0.15) is 33.2 Å². The van der Waals surface area contributed by atoms with Gasteiger partial charge < -0.3 is 14.5 Å². The fourth-order valence-electron chi connectivity index (χ4n) is 3.38. The smallest absolute Gasteiger partial charge is 0.338 e. The van der Waals surface area contributed by atoms with Crippen LogP contribution in [-0.2, 0) is 11.2 Å². The molecule has 0 unspecified atom stereocenters. The lowest BCUT2D eigenvalue weighted by atomic mass is 9.99. The lowest BCUT2D eigenvalue weighted by Crippen LogP contribution is -2.23. The molecule has 1 aromatic carbocycles. The van der Waals surface area contributed by atoms with Crippen LogP contribution in [-0.4, -0.2) is 29.4 Å². The highest BCUT2D eigenvalue weighted by Crippen LogP contribution is 2.32. The SMILES string of the molecule is CCOC(=O)c1ccc(-c2cn3cccc4c3c2CCNC4=O)cc1. The summed E-state index contributed by atoms with van der Waals surface area (Å²) < 4.78 is 7.03. The zero-order chi connectivity index (χ0) is 17.4. The molecule has 0 saturated carbocycles. The Balaban J connectivity index is 1.82. The number of nitrogens with one attached hydrogen (secondary N) is 1. The maximum absolute atomic E-state index is 12.2. The summed E-state index contributed by atoms with van der Waals surface area (Å²) in [5.41, 5.74) is 5.45. The van der Waals surface area contributed by atoms with Crippen molar-refractivity contribution in [3.8, 4) is 11.1 Å². The van der Waals surface area contributed by atoms with Gasteiger partial charge in [0.25, 0.3) is 5.91 Å². The normalized spacial score (nSPS) is 13.4. The van der Waals surface area contributed by atoms with E-state index in [1.807, 2.05) is 41.1 Å².